The standard InChI is InChI=1S/C24H34FN3O5/c1-2-12-33-22-5-4-16(25)13-19(22)27-10-8-26(9-11-27)6-3-7-28-23(31)17-14-20(29)21(30)15-18(17)24(28)32/h4-5,13,20-21,29-32H,2-3,6-12,14-15H2,1H3. The molecule has 1 aromatic heterocycles. The molecule has 1 saturated heterocycles. The molecule has 1 aliphatic carbocycles. The number of nitrogens with zero attached hydrogens (tertiary/aromatic N) is 3. The molecule has 4 rings (SSSR count). The van der Waals surface area contributed by atoms with Crippen molar-refractivity contribution in [3.05, 3.63) is 35.1 Å². The molecule has 2 heterocycles. The first-order valence-electron chi connectivity index (χ1n) is 11.8. The van der Waals surface area contributed by atoms with Crippen molar-refractivity contribution in [2.75, 3.05) is 44.2 Å². The summed E-state index contributed by atoms with van der Waals surface area (Å²) < 4.78 is 21.1. The van der Waals surface area contributed by atoms with E-state index >= 15 is 0 Å². The number of aromatic nitrogens is 1. The summed E-state index contributed by atoms with van der Waals surface area (Å²) >= 11 is 0. The highest BCUT2D eigenvalue weighted by atomic mass is 19.1. The van der Waals surface area contributed by atoms with Gasteiger partial charge in [0, 0.05) is 62.8 Å². The number of ether oxygens (including phenoxy) is 1. The average Bonchev–Trinajstić information content (AvgIpc) is 3.03. The van der Waals surface area contributed by atoms with Crippen LogP contribution >= 0.6 is 0 Å². The van der Waals surface area contributed by atoms with Gasteiger partial charge in [0.1, 0.15) is 11.6 Å². The van der Waals surface area contributed by atoms with Crippen LogP contribution in [-0.2, 0) is 19.4 Å². The molecule has 9 heteroatoms. The number of hydrogen-bond donors (Lipinski definition) is 4. The van der Waals surface area contributed by atoms with Gasteiger partial charge in [-0.25, -0.2) is 4.39 Å². The number of piperazine rings is 1. The minimum atomic E-state index is -0.930. The number of halogens is 1. The summed E-state index contributed by atoms with van der Waals surface area (Å²) in [6.45, 7) is 7.03. The van der Waals surface area contributed by atoms with Crippen LogP contribution in [0.3, 0.4) is 0 Å². The number of anilines is 1. The Morgan fingerprint density at radius 1 is 0.970 bits per heavy atom. The number of aliphatic hydroxyl groups is 2. The van der Waals surface area contributed by atoms with Crippen LogP contribution in [0.1, 0.15) is 30.9 Å². The van der Waals surface area contributed by atoms with Crippen molar-refractivity contribution >= 4 is 5.69 Å². The van der Waals surface area contributed by atoms with E-state index in [1.54, 1.807) is 6.07 Å². The number of fused-ring (bicyclic) bond motifs is 1. The molecule has 1 fully saturated rings. The van der Waals surface area contributed by atoms with Crippen LogP contribution in [0, 0.1) is 5.82 Å². The van der Waals surface area contributed by atoms with Crippen LogP contribution in [-0.4, -0.2) is 81.4 Å². The molecule has 0 saturated carbocycles. The van der Waals surface area contributed by atoms with E-state index in [-0.39, 0.29) is 30.4 Å². The summed E-state index contributed by atoms with van der Waals surface area (Å²) in [4.78, 5) is 4.46. The first-order chi connectivity index (χ1) is 15.9. The molecule has 2 aliphatic rings. The first kappa shape index (κ1) is 23.7. The zero-order chi connectivity index (χ0) is 23.5. The van der Waals surface area contributed by atoms with Crippen molar-refractivity contribution in [2.45, 2.75) is 51.4 Å². The van der Waals surface area contributed by atoms with Gasteiger partial charge in [0.05, 0.1) is 24.5 Å². The van der Waals surface area contributed by atoms with E-state index in [4.69, 9.17) is 4.74 Å². The summed E-state index contributed by atoms with van der Waals surface area (Å²) in [6.07, 6.45) is 0.0252. The van der Waals surface area contributed by atoms with E-state index < -0.39 is 12.2 Å². The second-order valence-corrected chi connectivity index (χ2v) is 8.94. The summed E-state index contributed by atoms with van der Waals surface area (Å²) in [6, 6.07) is 4.66. The molecule has 182 valence electrons. The van der Waals surface area contributed by atoms with E-state index in [1.807, 2.05) is 6.92 Å². The number of benzene rings is 1. The van der Waals surface area contributed by atoms with E-state index in [9.17, 15) is 24.8 Å². The van der Waals surface area contributed by atoms with Crippen molar-refractivity contribution in [3.63, 3.8) is 0 Å². The number of rotatable bonds is 8. The second kappa shape index (κ2) is 10.2. The topological polar surface area (TPSA) is 102 Å². The average molecular weight is 464 g/mol. The SMILES string of the molecule is CCCOc1ccc(F)cc1N1CCN(CCCn2c(O)c3c(c2O)CC(O)C(O)C3)CC1. The van der Waals surface area contributed by atoms with Crippen molar-refractivity contribution in [1.29, 1.82) is 0 Å². The van der Waals surface area contributed by atoms with Crippen molar-refractivity contribution in [3.8, 4) is 17.5 Å². The van der Waals surface area contributed by atoms with Gasteiger partial charge in [-0.2, -0.15) is 0 Å². The van der Waals surface area contributed by atoms with E-state index in [0.717, 1.165) is 51.3 Å². The van der Waals surface area contributed by atoms with Crippen LogP contribution in [0.4, 0.5) is 10.1 Å². The van der Waals surface area contributed by atoms with Gasteiger partial charge in [-0.05, 0) is 31.5 Å². The van der Waals surface area contributed by atoms with Crippen molar-refractivity contribution in [1.82, 2.24) is 9.47 Å². The third-order valence-electron chi connectivity index (χ3n) is 6.64. The fourth-order valence-electron chi connectivity index (χ4n) is 4.76. The largest absolute Gasteiger partial charge is 0.494 e. The summed E-state index contributed by atoms with van der Waals surface area (Å²) in [5.41, 5.74) is 1.84. The smallest absolute Gasteiger partial charge is 0.197 e. The summed E-state index contributed by atoms with van der Waals surface area (Å²) in [7, 11) is 0. The van der Waals surface area contributed by atoms with Crippen LogP contribution < -0.4 is 9.64 Å². The quantitative estimate of drug-likeness (QED) is 0.474. The van der Waals surface area contributed by atoms with E-state index in [2.05, 4.69) is 9.80 Å². The molecule has 0 bridgehead atoms. The molecule has 4 N–H and O–H groups in total. The maximum atomic E-state index is 13.9. The first-order valence-corrected chi connectivity index (χ1v) is 11.8. The molecule has 2 atom stereocenters. The molecule has 0 spiro atoms. The van der Waals surface area contributed by atoms with Gasteiger partial charge in [0.25, 0.3) is 0 Å². The van der Waals surface area contributed by atoms with Gasteiger partial charge in [-0.15, -0.1) is 0 Å². The number of aliphatic hydroxyl groups excluding tert-OH is 2. The molecular weight excluding hydrogens is 429 g/mol. The molecule has 2 unspecified atom stereocenters. The van der Waals surface area contributed by atoms with Gasteiger partial charge in [-0.1, -0.05) is 6.92 Å². The Hall–Kier alpha value is -2.49. The van der Waals surface area contributed by atoms with Crippen molar-refractivity contribution in [2.24, 2.45) is 0 Å². The molecule has 8 nitrogen and oxygen atoms in total. The summed E-state index contributed by atoms with van der Waals surface area (Å²) in [5.74, 6) is 0.391. The third-order valence-corrected chi connectivity index (χ3v) is 6.64. The lowest BCUT2D eigenvalue weighted by Gasteiger charge is -2.36. The van der Waals surface area contributed by atoms with Crippen LogP contribution in [0.25, 0.3) is 0 Å². The maximum absolute atomic E-state index is 13.9. The molecular formula is C24H34FN3O5. The van der Waals surface area contributed by atoms with Crippen LogP contribution in [0.15, 0.2) is 18.2 Å². The van der Waals surface area contributed by atoms with Crippen LogP contribution in [0.5, 0.6) is 17.5 Å². The Morgan fingerprint density at radius 2 is 1.61 bits per heavy atom. The minimum Gasteiger partial charge on any atom is -0.494 e. The fraction of sp³-hybridized carbons (Fsp3) is 0.583. The summed E-state index contributed by atoms with van der Waals surface area (Å²) in [5, 5.41) is 40.8. The predicted octanol–water partition coefficient (Wildman–Crippen LogP) is 1.86. The highest BCUT2D eigenvalue weighted by Crippen LogP contribution is 2.39. The Balaban J connectivity index is 1.31. The minimum absolute atomic E-state index is 0.0241. The Kier molecular flexibility index (Phi) is 7.31. The number of aromatic hydroxyl groups is 2. The zero-order valence-corrected chi connectivity index (χ0v) is 19.1. The highest BCUT2D eigenvalue weighted by molar-refractivity contribution is 5.59. The monoisotopic (exact) mass is 463 g/mol. The Bertz CT molecular complexity index is 925. The zero-order valence-electron chi connectivity index (χ0n) is 19.1. The molecule has 33 heavy (non-hydrogen) atoms. The Labute approximate surface area is 193 Å². The lowest BCUT2D eigenvalue weighted by Crippen LogP contribution is -2.46. The highest BCUT2D eigenvalue weighted by Gasteiger charge is 2.33. The van der Waals surface area contributed by atoms with E-state index in [1.165, 1.54) is 16.7 Å². The number of hydrogen-bond acceptors (Lipinski definition) is 7. The van der Waals surface area contributed by atoms with Crippen molar-refractivity contribution < 1.29 is 29.6 Å². The second-order valence-electron chi connectivity index (χ2n) is 8.94. The van der Waals surface area contributed by atoms with Crippen LogP contribution in [0.2, 0.25) is 0 Å². The predicted molar refractivity (Wildman–Crippen MR) is 123 cm³/mol. The molecule has 2 aromatic rings. The molecule has 1 aromatic carbocycles. The van der Waals surface area contributed by atoms with Gasteiger partial charge < -0.3 is 30.1 Å². The Morgan fingerprint density at radius 3 is 2.21 bits per heavy atom. The maximum Gasteiger partial charge on any atom is 0.197 e. The van der Waals surface area contributed by atoms with Gasteiger partial charge in [0.15, 0.2) is 11.8 Å². The third kappa shape index (κ3) is 5.05. The fourth-order valence-corrected chi connectivity index (χ4v) is 4.76. The van der Waals surface area contributed by atoms with Gasteiger partial charge in [-0.3, -0.25) is 9.47 Å². The lowest BCUT2D eigenvalue weighted by molar-refractivity contribution is 0.0136. The molecule has 0 radical (unpaired) electrons. The van der Waals surface area contributed by atoms with Gasteiger partial charge in [0.2, 0.25) is 0 Å². The molecule has 0 amide bonds. The normalized spacial score (nSPS) is 21.3. The van der Waals surface area contributed by atoms with E-state index in [0.29, 0.717) is 30.0 Å². The van der Waals surface area contributed by atoms with Gasteiger partial charge >= 0.3 is 0 Å². The molecule has 1 aliphatic heterocycles. The lowest BCUT2D eigenvalue weighted by atomic mass is 9.90.